The van der Waals surface area contributed by atoms with Crippen molar-refractivity contribution in [1.29, 1.82) is 0 Å². The fraction of sp³-hybridized carbons (Fsp3) is 0.0769. The molecule has 4 heteroatoms. The topological polar surface area (TPSA) is 30.0 Å². The van der Waals surface area contributed by atoms with Crippen molar-refractivity contribution in [2.45, 2.75) is 6.92 Å². The van der Waals surface area contributed by atoms with Crippen LogP contribution in [0.2, 0.25) is 5.02 Å². The molecule has 17 heavy (non-hydrogen) atoms. The van der Waals surface area contributed by atoms with E-state index in [4.69, 9.17) is 11.6 Å². The predicted molar refractivity (Wildman–Crippen MR) is 63.8 cm³/mol. The minimum absolute atomic E-state index is 0.0276. The van der Waals surface area contributed by atoms with E-state index in [1.165, 1.54) is 24.4 Å². The molecular formula is C13H9ClFNO. The van der Waals surface area contributed by atoms with Gasteiger partial charge in [0.1, 0.15) is 11.5 Å². The third-order valence-corrected chi connectivity index (χ3v) is 2.55. The number of carbonyl (C=O) groups is 1. The van der Waals surface area contributed by atoms with Crippen LogP contribution in [-0.2, 0) is 0 Å². The van der Waals surface area contributed by atoms with Gasteiger partial charge in [-0.1, -0.05) is 23.2 Å². The number of ketones is 1. The highest BCUT2D eigenvalue weighted by molar-refractivity contribution is 6.30. The zero-order valence-corrected chi connectivity index (χ0v) is 9.83. The summed E-state index contributed by atoms with van der Waals surface area (Å²) in [7, 11) is 0. The Kier molecular flexibility index (Phi) is 3.20. The summed E-state index contributed by atoms with van der Waals surface area (Å²) in [5.74, 6) is -0.986. The lowest BCUT2D eigenvalue weighted by atomic mass is 10.0. The van der Waals surface area contributed by atoms with Crippen LogP contribution in [0.4, 0.5) is 4.39 Å². The van der Waals surface area contributed by atoms with E-state index in [1.807, 2.05) is 0 Å². The molecule has 86 valence electrons. The van der Waals surface area contributed by atoms with Gasteiger partial charge in [-0.25, -0.2) is 4.39 Å². The van der Waals surface area contributed by atoms with E-state index in [1.54, 1.807) is 19.1 Å². The van der Waals surface area contributed by atoms with Gasteiger partial charge in [0.05, 0.1) is 10.6 Å². The second kappa shape index (κ2) is 4.63. The molecule has 0 aliphatic heterocycles. The zero-order chi connectivity index (χ0) is 12.4. The van der Waals surface area contributed by atoms with Crippen molar-refractivity contribution >= 4 is 17.4 Å². The van der Waals surface area contributed by atoms with Crippen molar-refractivity contribution in [3.8, 4) is 0 Å². The van der Waals surface area contributed by atoms with Crippen molar-refractivity contribution < 1.29 is 9.18 Å². The molecule has 1 aromatic heterocycles. The van der Waals surface area contributed by atoms with Crippen LogP contribution >= 0.6 is 11.6 Å². The molecule has 0 bridgehead atoms. The van der Waals surface area contributed by atoms with Crippen LogP contribution < -0.4 is 0 Å². The summed E-state index contributed by atoms with van der Waals surface area (Å²) in [5.41, 5.74) is 1.03. The summed E-state index contributed by atoms with van der Waals surface area (Å²) < 4.78 is 13.5. The van der Waals surface area contributed by atoms with Crippen LogP contribution in [0.5, 0.6) is 0 Å². The molecule has 0 N–H and O–H groups in total. The van der Waals surface area contributed by atoms with Crippen molar-refractivity contribution in [1.82, 2.24) is 4.98 Å². The lowest BCUT2D eigenvalue weighted by Gasteiger charge is -2.03. The Hall–Kier alpha value is -1.74. The maximum atomic E-state index is 13.5. The molecule has 0 spiro atoms. The molecule has 0 amide bonds. The molecule has 1 aromatic carbocycles. The van der Waals surface area contributed by atoms with E-state index in [0.717, 1.165) is 5.56 Å². The fourth-order valence-electron chi connectivity index (χ4n) is 1.46. The third kappa shape index (κ3) is 2.50. The Morgan fingerprint density at radius 2 is 2.06 bits per heavy atom. The summed E-state index contributed by atoms with van der Waals surface area (Å²) in [6, 6.07) is 7.43. The summed E-state index contributed by atoms with van der Waals surface area (Å²) in [6.45, 7) is 1.80. The van der Waals surface area contributed by atoms with Crippen molar-refractivity contribution in [2.24, 2.45) is 0 Å². The first-order valence-electron chi connectivity index (χ1n) is 5.00. The van der Waals surface area contributed by atoms with Crippen molar-refractivity contribution in [2.75, 3.05) is 0 Å². The quantitative estimate of drug-likeness (QED) is 0.764. The van der Waals surface area contributed by atoms with Gasteiger partial charge in [0.15, 0.2) is 0 Å². The Labute approximate surface area is 103 Å². The smallest absolute Gasteiger partial charge is 0.214 e. The molecule has 1 heterocycles. The molecule has 0 unspecified atom stereocenters. The van der Waals surface area contributed by atoms with E-state index in [0.29, 0.717) is 5.02 Å². The molecule has 0 saturated heterocycles. The van der Waals surface area contributed by atoms with Gasteiger partial charge in [0.25, 0.3) is 0 Å². The number of aryl methyl sites for hydroxylation is 1. The number of hydrogen-bond donors (Lipinski definition) is 0. The highest BCUT2D eigenvalue weighted by Crippen LogP contribution is 2.15. The normalized spacial score (nSPS) is 10.3. The Balaban J connectivity index is 2.43. The van der Waals surface area contributed by atoms with Crippen LogP contribution in [0, 0.1) is 12.7 Å². The van der Waals surface area contributed by atoms with Gasteiger partial charge >= 0.3 is 0 Å². The van der Waals surface area contributed by atoms with Crippen LogP contribution in [0.15, 0.2) is 36.5 Å². The maximum absolute atomic E-state index is 13.5. The van der Waals surface area contributed by atoms with Gasteiger partial charge in [0, 0.05) is 6.20 Å². The second-order valence-corrected chi connectivity index (χ2v) is 4.11. The lowest BCUT2D eigenvalue weighted by molar-refractivity contribution is 0.103. The summed E-state index contributed by atoms with van der Waals surface area (Å²) in [6.07, 6.45) is 1.36. The number of benzene rings is 1. The second-order valence-electron chi connectivity index (χ2n) is 3.67. The molecule has 0 aliphatic rings. The molecule has 2 nitrogen and oxygen atoms in total. The highest BCUT2D eigenvalue weighted by atomic mass is 35.5. The predicted octanol–water partition coefficient (Wildman–Crippen LogP) is 3.41. The maximum Gasteiger partial charge on any atom is 0.214 e. The van der Waals surface area contributed by atoms with Gasteiger partial charge in [-0.15, -0.1) is 0 Å². The van der Waals surface area contributed by atoms with Crippen LogP contribution in [0.3, 0.4) is 0 Å². The number of carbonyl (C=O) groups excluding carboxylic acids is 1. The Morgan fingerprint density at radius 1 is 1.29 bits per heavy atom. The van der Waals surface area contributed by atoms with E-state index in [-0.39, 0.29) is 11.3 Å². The number of rotatable bonds is 2. The van der Waals surface area contributed by atoms with Crippen LogP contribution in [0.25, 0.3) is 0 Å². The number of halogens is 2. The summed E-state index contributed by atoms with van der Waals surface area (Å²) in [5, 5.41) is 0.436. The first-order chi connectivity index (χ1) is 8.08. The van der Waals surface area contributed by atoms with Crippen molar-refractivity contribution in [3.63, 3.8) is 0 Å². The Bertz CT molecular complexity index is 566. The number of aromatic nitrogens is 1. The molecule has 0 atom stereocenters. The van der Waals surface area contributed by atoms with E-state index in [9.17, 15) is 9.18 Å². The monoisotopic (exact) mass is 249 g/mol. The first-order valence-corrected chi connectivity index (χ1v) is 5.38. The van der Waals surface area contributed by atoms with E-state index < -0.39 is 11.6 Å². The van der Waals surface area contributed by atoms with E-state index in [2.05, 4.69) is 4.98 Å². The molecule has 0 fully saturated rings. The molecule has 0 radical (unpaired) electrons. The molecule has 0 saturated carbocycles. The molecule has 2 aromatic rings. The first kappa shape index (κ1) is 11.7. The number of hydrogen-bond acceptors (Lipinski definition) is 2. The SMILES string of the molecule is Cc1ccc(F)c(C(=O)c2ccc(Cl)cn2)c1. The average molecular weight is 250 g/mol. The molecule has 0 aliphatic carbocycles. The van der Waals surface area contributed by atoms with Gasteiger partial charge < -0.3 is 0 Å². The number of nitrogens with zero attached hydrogens (tertiary/aromatic N) is 1. The third-order valence-electron chi connectivity index (χ3n) is 2.33. The Morgan fingerprint density at radius 3 is 2.71 bits per heavy atom. The minimum atomic E-state index is -0.544. The average Bonchev–Trinajstić information content (AvgIpc) is 2.32. The lowest BCUT2D eigenvalue weighted by Crippen LogP contribution is -2.06. The summed E-state index contributed by atoms with van der Waals surface area (Å²) >= 11 is 5.67. The van der Waals surface area contributed by atoms with Gasteiger partial charge in [-0.05, 0) is 31.2 Å². The van der Waals surface area contributed by atoms with Crippen LogP contribution in [-0.4, -0.2) is 10.8 Å². The van der Waals surface area contributed by atoms with Gasteiger partial charge in [-0.2, -0.15) is 0 Å². The van der Waals surface area contributed by atoms with Gasteiger partial charge in [0.2, 0.25) is 5.78 Å². The highest BCUT2D eigenvalue weighted by Gasteiger charge is 2.15. The van der Waals surface area contributed by atoms with Gasteiger partial charge in [-0.3, -0.25) is 9.78 Å². The largest absolute Gasteiger partial charge is 0.287 e. The van der Waals surface area contributed by atoms with Crippen molar-refractivity contribution in [3.05, 3.63) is 64.2 Å². The molecule has 2 rings (SSSR count). The minimum Gasteiger partial charge on any atom is -0.287 e. The standard InChI is InChI=1S/C13H9ClFNO/c1-8-2-4-11(15)10(6-8)13(17)12-5-3-9(14)7-16-12/h2-7H,1H3. The number of pyridine rings is 1. The zero-order valence-electron chi connectivity index (χ0n) is 9.08. The molecular weight excluding hydrogens is 241 g/mol. The van der Waals surface area contributed by atoms with E-state index >= 15 is 0 Å². The summed E-state index contributed by atoms with van der Waals surface area (Å²) in [4.78, 5) is 15.9. The fourth-order valence-corrected chi connectivity index (χ4v) is 1.57. The van der Waals surface area contributed by atoms with Crippen LogP contribution in [0.1, 0.15) is 21.6 Å².